The van der Waals surface area contributed by atoms with Crippen LogP contribution in [0.25, 0.3) is 0 Å². The fourth-order valence-corrected chi connectivity index (χ4v) is 2.57. The Morgan fingerprint density at radius 2 is 2.33 bits per heavy atom. The number of rotatable bonds is 6. The average Bonchev–Trinajstić information content (AvgIpc) is 2.74. The van der Waals surface area contributed by atoms with E-state index < -0.39 is 6.10 Å². The second-order valence-corrected chi connectivity index (χ2v) is 5.25. The molecule has 0 aliphatic heterocycles. The summed E-state index contributed by atoms with van der Waals surface area (Å²) in [5.41, 5.74) is 5.33. The Labute approximate surface area is 112 Å². The zero-order valence-electron chi connectivity index (χ0n) is 10.8. The van der Waals surface area contributed by atoms with Crippen molar-refractivity contribution in [1.82, 2.24) is 4.90 Å². The van der Waals surface area contributed by atoms with E-state index in [0.29, 0.717) is 19.7 Å². The normalized spacial score (nSPS) is 12.3. The number of hydrogen-bond acceptors (Lipinski definition) is 5. The van der Waals surface area contributed by atoms with E-state index in [4.69, 9.17) is 10.5 Å². The predicted molar refractivity (Wildman–Crippen MR) is 74.5 cm³/mol. The van der Waals surface area contributed by atoms with Crippen LogP contribution in [0.2, 0.25) is 0 Å². The van der Waals surface area contributed by atoms with E-state index in [9.17, 15) is 5.11 Å². The lowest BCUT2D eigenvalue weighted by atomic mass is 10.3. The molecule has 1 unspecified atom stereocenters. The molecule has 1 atom stereocenters. The molecule has 0 fully saturated rings. The minimum Gasteiger partial charge on any atom is -0.389 e. The largest absolute Gasteiger partial charge is 0.389 e. The number of ether oxygens (including phenoxy) is 1. The van der Waals surface area contributed by atoms with Crippen molar-refractivity contribution in [3.05, 3.63) is 21.9 Å². The molecule has 0 amide bonds. The molecule has 100 valence electrons. The molecule has 0 bridgehead atoms. The summed E-state index contributed by atoms with van der Waals surface area (Å²) in [5.74, 6) is 5.85. The number of nitrogens with zero attached hydrogens (tertiary/aromatic N) is 1. The molecule has 3 N–H and O–H groups in total. The van der Waals surface area contributed by atoms with Crippen LogP contribution in [0, 0.1) is 11.8 Å². The Hall–Kier alpha value is -0.900. The Morgan fingerprint density at radius 3 is 3.00 bits per heavy atom. The number of thiophene rings is 1. The number of aliphatic hydroxyl groups excluding tert-OH is 1. The average molecular weight is 268 g/mol. The van der Waals surface area contributed by atoms with E-state index in [1.165, 1.54) is 4.88 Å². The van der Waals surface area contributed by atoms with Gasteiger partial charge in [0.1, 0.15) is 0 Å². The molecule has 0 radical (unpaired) electrons. The lowest BCUT2D eigenvalue weighted by molar-refractivity contribution is 0.0420. The third kappa shape index (κ3) is 5.63. The fraction of sp³-hybridized carbons (Fsp3) is 0.538. The van der Waals surface area contributed by atoms with Gasteiger partial charge in [0.25, 0.3) is 0 Å². The van der Waals surface area contributed by atoms with Crippen molar-refractivity contribution >= 4 is 11.3 Å². The van der Waals surface area contributed by atoms with Crippen LogP contribution in [-0.2, 0) is 11.3 Å². The van der Waals surface area contributed by atoms with Crippen LogP contribution >= 0.6 is 11.3 Å². The van der Waals surface area contributed by atoms with Gasteiger partial charge in [-0.1, -0.05) is 11.8 Å². The van der Waals surface area contributed by atoms with Gasteiger partial charge in [0.05, 0.1) is 24.1 Å². The summed E-state index contributed by atoms with van der Waals surface area (Å²) < 4.78 is 4.90. The summed E-state index contributed by atoms with van der Waals surface area (Å²) in [6.07, 6.45) is -0.448. The highest BCUT2D eigenvalue weighted by Crippen LogP contribution is 2.17. The first kappa shape index (κ1) is 15.2. The Morgan fingerprint density at radius 1 is 1.56 bits per heavy atom. The maximum Gasteiger partial charge on any atom is 0.0900 e. The first-order chi connectivity index (χ1) is 8.65. The first-order valence-electron chi connectivity index (χ1n) is 5.79. The van der Waals surface area contributed by atoms with Crippen LogP contribution in [0.1, 0.15) is 9.75 Å². The summed E-state index contributed by atoms with van der Waals surface area (Å²) in [5, 5.41) is 9.62. The zero-order valence-corrected chi connectivity index (χ0v) is 11.7. The highest BCUT2D eigenvalue weighted by molar-refractivity contribution is 7.12. The minimum atomic E-state index is -0.448. The van der Waals surface area contributed by atoms with E-state index in [-0.39, 0.29) is 0 Å². The highest BCUT2D eigenvalue weighted by Gasteiger charge is 2.09. The quantitative estimate of drug-likeness (QED) is 0.738. The highest BCUT2D eigenvalue weighted by atomic mass is 32.1. The van der Waals surface area contributed by atoms with E-state index in [2.05, 4.69) is 22.8 Å². The summed E-state index contributed by atoms with van der Waals surface area (Å²) in [4.78, 5) is 4.32. The Balaban J connectivity index is 2.44. The SMILES string of the molecule is COCC(O)CN(C)Cc1ccc(C#CCN)s1. The topological polar surface area (TPSA) is 58.7 Å². The monoisotopic (exact) mass is 268 g/mol. The molecule has 18 heavy (non-hydrogen) atoms. The second kappa shape index (κ2) is 8.25. The molecule has 5 heteroatoms. The van der Waals surface area contributed by atoms with Gasteiger partial charge in [0.15, 0.2) is 0 Å². The van der Waals surface area contributed by atoms with Crippen molar-refractivity contribution in [2.45, 2.75) is 12.6 Å². The summed E-state index contributed by atoms with van der Waals surface area (Å²) in [6.45, 7) is 2.14. The smallest absolute Gasteiger partial charge is 0.0900 e. The maximum atomic E-state index is 9.62. The molecule has 0 aliphatic rings. The molecular formula is C13H20N2O2S. The number of likely N-dealkylation sites (N-methyl/N-ethyl adjacent to an activating group) is 1. The minimum absolute atomic E-state index is 0.363. The molecule has 1 aromatic rings. The molecule has 4 nitrogen and oxygen atoms in total. The molecule has 1 aromatic heterocycles. The van der Waals surface area contributed by atoms with Crippen LogP contribution in [0.4, 0.5) is 0 Å². The van der Waals surface area contributed by atoms with E-state index in [1.54, 1.807) is 18.4 Å². The summed E-state index contributed by atoms with van der Waals surface area (Å²) in [7, 11) is 3.56. The van der Waals surface area contributed by atoms with E-state index in [0.717, 1.165) is 11.4 Å². The first-order valence-corrected chi connectivity index (χ1v) is 6.60. The van der Waals surface area contributed by atoms with Crippen molar-refractivity contribution < 1.29 is 9.84 Å². The van der Waals surface area contributed by atoms with Crippen molar-refractivity contribution in [2.24, 2.45) is 5.73 Å². The molecule has 0 saturated carbocycles. The molecule has 0 aliphatic carbocycles. The third-order valence-corrected chi connectivity index (χ3v) is 3.27. The van der Waals surface area contributed by atoms with Gasteiger partial charge in [-0.3, -0.25) is 4.90 Å². The van der Waals surface area contributed by atoms with Crippen molar-refractivity contribution in [3.63, 3.8) is 0 Å². The van der Waals surface area contributed by atoms with Gasteiger partial charge in [0.2, 0.25) is 0 Å². The second-order valence-electron chi connectivity index (χ2n) is 4.08. The zero-order chi connectivity index (χ0) is 13.4. The molecular weight excluding hydrogens is 248 g/mol. The molecule has 0 aromatic carbocycles. The molecule has 0 spiro atoms. The number of aliphatic hydroxyl groups is 1. The van der Waals surface area contributed by atoms with Crippen LogP contribution in [0.5, 0.6) is 0 Å². The van der Waals surface area contributed by atoms with Crippen LogP contribution in [-0.4, -0.2) is 50.0 Å². The Kier molecular flexibility index (Phi) is 6.94. The van der Waals surface area contributed by atoms with Crippen molar-refractivity contribution in [1.29, 1.82) is 0 Å². The van der Waals surface area contributed by atoms with Crippen molar-refractivity contribution in [2.75, 3.05) is 33.9 Å². The van der Waals surface area contributed by atoms with Gasteiger partial charge < -0.3 is 15.6 Å². The third-order valence-electron chi connectivity index (χ3n) is 2.28. The van der Waals surface area contributed by atoms with Gasteiger partial charge in [-0.05, 0) is 19.2 Å². The van der Waals surface area contributed by atoms with Gasteiger partial charge in [0, 0.05) is 25.1 Å². The standard InChI is InChI=1S/C13H20N2O2S/c1-15(8-11(16)10-17-2)9-13-6-5-12(18-13)4-3-7-14/h5-6,11,16H,7-10,14H2,1-2H3. The predicted octanol–water partition coefficient (Wildman–Crippen LogP) is 0.497. The molecule has 1 heterocycles. The maximum absolute atomic E-state index is 9.62. The van der Waals surface area contributed by atoms with Gasteiger partial charge in [-0.15, -0.1) is 11.3 Å². The Bertz CT molecular complexity index is 409. The van der Waals surface area contributed by atoms with Gasteiger partial charge in [-0.25, -0.2) is 0 Å². The van der Waals surface area contributed by atoms with E-state index >= 15 is 0 Å². The van der Waals surface area contributed by atoms with Crippen LogP contribution in [0.15, 0.2) is 12.1 Å². The molecule has 1 rings (SSSR count). The van der Waals surface area contributed by atoms with Crippen molar-refractivity contribution in [3.8, 4) is 11.8 Å². The van der Waals surface area contributed by atoms with E-state index in [1.807, 2.05) is 13.1 Å². The van der Waals surface area contributed by atoms with Crippen LogP contribution in [0.3, 0.4) is 0 Å². The lowest BCUT2D eigenvalue weighted by Crippen LogP contribution is -2.31. The number of hydrogen-bond donors (Lipinski definition) is 2. The number of nitrogens with two attached hydrogens (primary N) is 1. The lowest BCUT2D eigenvalue weighted by Gasteiger charge is -2.19. The summed E-state index contributed by atoms with van der Waals surface area (Å²) in [6, 6.07) is 4.06. The fourth-order valence-electron chi connectivity index (χ4n) is 1.60. The van der Waals surface area contributed by atoms with Gasteiger partial charge >= 0.3 is 0 Å². The molecule has 0 saturated heterocycles. The summed E-state index contributed by atoms with van der Waals surface area (Å²) >= 11 is 1.66. The number of methoxy groups -OCH3 is 1. The van der Waals surface area contributed by atoms with Gasteiger partial charge in [-0.2, -0.15) is 0 Å². The van der Waals surface area contributed by atoms with Crippen LogP contribution < -0.4 is 5.73 Å².